The summed E-state index contributed by atoms with van der Waals surface area (Å²) in [5, 5.41) is 0. The van der Waals surface area contributed by atoms with Gasteiger partial charge in [-0.25, -0.2) is 0 Å². The van der Waals surface area contributed by atoms with E-state index < -0.39 is 0 Å². The zero-order valence-electron chi connectivity index (χ0n) is 10.5. The molecule has 0 aliphatic carbocycles. The van der Waals surface area contributed by atoms with E-state index in [-0.39, 0.29) is 0 Å². The minimum Gasteiger partial charge on any atom is -0.497 e. The lowest BCUT2D eigenvalue weighted by atomic mass is 10.1. The molecule has 0 bridgehead atoms. The van der Waals surface area contributed by atoms with E-state index in [0.29, 0.717) is 0 Å². The SMILES string of the molecule is C=Cc1ccc(C=Cc2ccc(OC)cc2)cc1. The molecular formula is C17H16O. The third-order valence-corrected chi connectivity index (χ3v) is 2.76. The summed E-state index contributed by atoms with van der Waals surface area (Å²) < 4.78 is 5.12. The van der Waals surface area contributed by atoms with Crippen LogP contribution in [0.5, 0.6) is 5.75 Å². The van der Waals surface area contributed by atoms with Crippen molar-refractivity contribution in [1.82, 2.24) is 0 Å². The van der Waals surface area contributed by atoms with Crippen molar-refractivity contribution < 1.29 is 4.74 Å². The van der Waals surface area contributed by atoms with Crippen LogP contribution in [0.2, 0.25) is 0 Å². The van der Waals surface area contributed by atoms with E-state index in [4.69, 9.17) is 4.74 Å². The van der Waals surface area contributed by atoms with Crippen molar-refractivity contribution in [2.45, 2.75) is 0 Å². The maximum atomic E-state index is 5.12. The third-order valence-electron chi connectivity index (χ3n) is 2.76. The molecule has 0 atom stereocenters. The Hall–Kier alpha value is -2.28. The molecule has 1 heteroatoms. The first kappa shape index (κ1) is 12.2. The van der Waals surface area contributed by atoms with Gasteiger partial charge in [-0.2, -0.15) is 0 Å². The molecule has 0 N–H and O–H groups in total. The van der Waals surface area contributed by atoms with Crippen LogP contribution >= 0.6 is 0 Å². The molecule has 90 valence electrons. The predicted molar refractivity (Wildman–Crippen MR) is 78.5 cm³/mol. The fourth-order valence-corrected chi connectivity index (χ4v) is 1.65. The minimum atomic E-state index is 0.877. The van der Waals surface area contributed by atoms with Gasteiger partial charge in [0.1, 0.15) is 5.75 Å². The number of rotatable bonds is 4. The van der Waals surface area contributed by atoms with Gasteiger partial charge >= 0.3 is 0 Å². The largest absolute Gasteiger partial charge is 0.497 e. The molecule has 0 fully saturated rings. The Morgan fingerprint density at radius 1 is 0.778 bits per heavy atom. The first-order valence-electron chi connectivity index (χ1n) is 5.86. The molecule has 0 radical (unpaired) electrons. The molecular weight excluding hydrogens is 220 g/mol. The van der Waals surface area contributed by atoms with Gasteiger partial charge in [-0.3, -0.25) is 0 Å². The molecule has 18 heavy (non-hydrogen) atoms. The highest BCUT2D eigenvalue weighted by Gasteiger charge is 1.91. The molecule has 0 spiro atoms. The molecule has 0 amide bonds. The van der Waals surface area contributed by atoms with Gasteiger partial charge in [0.25, 0.3) is 0 Å². The van der Waals surface area contributed by atoms with E-state index >= 15 is 0 Å². The highest BCUT2D eigenvalue weighted by molar-refractivity contribution is 5.70. The zero-order valence-corrected chi connectivity index (χ0v) is 10.5. The predicted octanol–water partition coefficient (Wildman–Crippen LogP) is 4.51. The van der Waals surface area contributed by atoms with Crippen LogP contribution < -0.4 is 4.74 Å². The molecule has 2 rings (SSSR count). The first-order chi connectivity index (χ1) is 8.81. The van der Waals surface area contributed by atoms with Crippen molar-refractivity contribution in [3.05, 3.63) is 71.8 Å². The van der Waals surface area contributed by atoms with Crippen LogP contribution in [0.15, 0.2) is 55.1 Å². The number of hydrogen-bond donors (Lipinski definition) is 0. The van der Waals surface area contributed by atoms with Gasteiger partial charge in [0, 0.05) is 0 Å². The molecule has 0 unspecified atom stereocenters. The van der Waals surface area contributed by atoms with Gasteiger partial charge in [0.05, 0.1) is 7.11 Å². The fraction of sp³-hybridized carbons (Fsp3) is 0.0588. The van der Waals surface area contributed by atoms with Crippen LogP contribution in [-0.4, -0.2) is 7.11 Å². The van der Waals surface area contributed by atoms with Gasteiger partial charge in [0.15, 0.2) is 0 Å². The standard InChI is InChI=1S/C17H16O/c1-3-14-4-6-15(7-5-14)8-9-16-10-12-17(18-2)13-11-16/h3-13H,1H2,2H3. The van der Waals surface area contributed by atoms with Crippen molar-refractivity contribution in [3.8, 4) is 5.75 Å². The van der Waals surface area contributed by atoms with Gasteiger partial charge in [-0.15, -0.1) is 0 Å². The molecule has 0 saturated carbocycles. The lowest BCUT2D eigenvalue weighted by molar-refractivity contribution is 0.415. The zero-order chi connectivity index (χ0) is 12.8. The summed E-state index contributed by atoms with van der Waals surface area (Å²) in [5.41, 5.74) is 3.47. The topological polar surface area (TPSA) is 9.23 Å². The van der Waals surface area contributed by atoms with E-state index in [1.165, 1.54) is 5.56 Å². The Morgan fingerprint density at radius 2 is 1.22 bits per heavy atom. The second-order valence-electron chi connectivity index (χ2n) is 3.98. The smallest absolute Gasteiger partial charge is 0.118 e. The van der Waals surface area contributed by atoms with Crippen molar-refractivity contribution in [2.24, 2.45) is 0 Å². The summed E-state index contributed by atoms with van der Waals surface area (Å²) in [6.07, 6.45) is 6.02. The molecule has 0 heterocycles. The first-order valence-corrected chi connectivity index (χ1v) is 5.86. The maximum Gasteiger partial charge on any atom is 0.118 e. The highest BCUT2D eigenvalue weighted by atomic mass is 16.5. The Kier molecular flexibility index (Phi) is 3.98. The fourth-order valence-electron chi connectivity index (χ4n) is 1.65. The van der Waals surface area contributed by atoms with Crippen LogP contribution in [0.3, 0.4) is 0 Å². The highest BCUT2D eigenvalue weighted by Crippen LogP contribution is 2.14. The summed E-state index contributed by atoms with van der Waals surface area (Å²) in [6.45, 7) is 3.74. The number of ether oxygens (including phenoxy) is 1. The molecule has 1 nitrogen and oxygen atoms in total. The van der Waals surface area contributed by atoms with Crippen LogP contribution in [-0.2, 0) is 0 Å². The normalized spacial score (nSPS) is 10.5. The maximum absolute atomic E-state index is 5.12. The molecule has 2 aromatic rings. The van der Waals surface area contributed by atoms with E-state index in [9.17, 15) is 0 Å². The van der Waals surface area contributed by atoms with Gasteiger partial charge in [0.2, 0.25) is 0 Å². The summed E-state index contributed by atoms with van der Waals surface area (Å²) in [7, 11) is 1.67. The van der Waals surface area contributed by atoms with Crippen molar-refractivity contribution in [3.63, 3.8) is 0 Å². The van der Waals surface area contributed by atoms with Gasteiger partial charge in [-0.05, 0) is 28.8 Å². The van der Waals surface area contributed by atoms with E-state index in [1.54, 1.807) is 7.11 Å². The summed E-state index contributed by atoms with van der Waals surface area (Å²) >= 11 is 0. The van der Waals surface area contributed by atoms with Gasteiger partial charge in [-0.1, -0.05) is 61.2 Å². The van der Waals surface area contributed by atoms with Crippen LogP contribution in [0.25, 0.3) is 18.2 Å². The van der Waals surface area contributed by atoms with Crippen molar-refractivity contribution in [1.29, 1.82) is 0 Å². The second kappa shape index (κ2) is 5.87. The molecule has 0 aromatic heterocycles. The second-order valence-corrected chi connectivity index (χ2v) is 3.98. The van der Waals surface area contributed by atoms with Crippen molar-refractivity contribution in [2.75, 3.05) is 7.11 Å². The summed E-state index contributed by atoms with van der Waals surface area (Å²) in [6, 6.07) is 16.3. The average Bonchev–Trinajstić information content (AvgIpc) is 2.46. The van der Waals surface area contributed by atoms with Gasteiger partial charge < -0.3 is 4.74 Å². The lowest BCUT2D eigenvalue weighted by Crippen LogP contribution is -1.81. The molecule has 0 aliphatic rings. The average molecular weight is 236 g/mol. The Labute approximate surface area is 108 Å². The summed E-state index contributed by atoms with van der Waals surface area (Å²) in [4.78, 5) is 0. The van der Waals surface area contributed by atoms with Crippen LogP contribution in [0.4, 0.5) is 0 Å². The molecule has 2 aromatic carbocycles. The van der Waals surface area contributed by atoms with E-state index in [2.05, 4.69) is 43.0 Å². The quantitative estimate of drug-likeness (QED) is 0.710. The number of methoxy groups -OCH3 is 1. The van der Waals surface area contributed by atoms with E-state index in [0.717, 1.165) is 16.9 Å². The third kappa shape index (κ3) is 3.11. The Morgan fingerprint density at radius 3 is 1.67 bits per heavy atom. The monoisotopic (exact) mass is 236 g/mol. The number of hydrogen-bond acceptors (Lipinski definition) is 1. The van der Waals surface area contributed by atoms with Crippen LogP contribution in [0, 0.1) is 0 Å². The van der Waals surface area contributed by atoms with Crippen LogP contribution in [0.1, 0.15) is 16.7 Å². The van der Waals surface area contributed by atoms with E-state index in [1.807, 2.05) is 30.3 Å². The van der Waals surface area contributed by atoms with Crippen molar-refractivity contribution >= 4 is 18.2 Å². The molecule has 0 saturated heterocycles. The summed E-state index contributed by atoms with van der Waals surface area (Å²) in [5.74, 6) is 0.877. The minimum absolute atomic E-state index is 0.877. The number of benzene rings is 2. The Bertz CT molecular complexity index is 533. The Balaban J connectivity index is 2.10. The molecule has 0 aliphatic heterocycles. The lowest BCUT2D eigenvalue weighted by Gasteiger charge is -1.99.